The first-order valence-electron chi connectivity index (χ1n) is 6.81. The number of hydrogen-bond donors (Lipinski definition) is 2. The van der Waals surface area contributed by atoms with Gasteiger partial charge in [-0.05, 0) is 44.4 Å². The molecule has 5 heteroatoms. The lowest BCUT2D eigenvalue weighted by molar-refractivity contribution is -0.127. The molecule has 1 unspecified atom stereocenters. The molecule has 108 valence electrons. The normalized spacial score (nSPS) is 22.0. The third kappa shape index (κ3) is 3.71. The van der Waals surface area contributed by atoms with Crippen molar-refractivity contribution in [2.24, 2.45) is 0 Å². The van der Waals surface area contributed by atoms with Crippen LogP contribution in [0.2, 0.25) is 0 Å². The Morgan fingerprint density at radius 3 is 2.68 bits per heavy atom. The smallest absolute Gasteiger partial charge is 0.240 e. The number of rotatable bonds is 5. The van der Waals surface area contributed by atoms with E-state index in [9.17, 15) is 4.79 Å². The largest absolute Gasteiger partial charge is 0.350 e. The van der Waals surface area contributed by atoms with E-state index in [2.05, 4.69) is 36.6 Å². The molecule has 0 bridgehead atoms. The molecule has 1 aromatic heterocycles. The van der Waals surface area contributed by atoms with Crippen LogP contribution in [0.5, 0.6) is 0 Å². The Morgan fingerprint density at radius 2 is 2.16 bits per heavy atom. The van der Waals surface area contributed by atoms with Crippen LogP contribution in [0, 0.1) is 0 Å². The van der Waals surface area contributed by atoms with Crippen LogP contribution in [0.1, 0.15) is 42.9 Å². The molecule has 3 nitrogen and oxygen atoms in total. The van der Waals surface area contributed by atoms with Crippen LogP contribution in [0.4, 0.5) is 0 Å². The van der Waals surface area contributed by atoms with Gasteiger partial charge in [0.2, 0.25) is 5.91 Å². The van der Waals surface area contributed by atoms with Gasteiger partial charge in [-0.15, -0.1) is 23.7 Å². The van der Waals surface area contributed by atoms with Crippen LogP contribution in [-0.4, -0.2) is 18.0 Å². The van der Waals surface area contributed by atoms with Crippen LogP contribution in [0.15, 0.2) is 12.1 Å². The molecule has 1 aliphatic rings. The van der Waals surface area contributed by atoms with Crippen molar-refractivity contribution in [1.82, 2.24) is 10.6 Å². The molecule has 1 fully saturated rings. The highest BCUT2D eigenvalue weighted by Gasteiger charge is 2.38. The lowest BCUT2D eigenvalue weighted by Crippen LogP contribution is -2.52. The van der Waals surface area contributed by atoms with Crippen LogP contribution in [-0.2, 0) is 17.8 Å². The molecule has 1 saturated heterocycles. The molecule has 0 radical (unpaired) electrons. The van der Waals surface area contributed by atoms with Crippen molar-refractivity contribution in [1.29, 1.82) is 0 Å². The summed E-state index contributed by atoms with van der Waals surface area (Å²) in [6, 6.07) is 4.26. The SMILES string of the molecule is CCc1ccc(CNC(=O)C2(CC)CCCN2)s1.Cl. The van der Waals surface area contributed by atoms with Crippen molar-refractivity contribution in [2.75, 3.05) is 6.54 Å². The summed E-state index contributed by atoms with van der Waals surface area (Å²) < 4.78 is 0. The highest BCUT2D eigenvalue weighted by molar-refractivity contribution is 7.11. The van der Waals surface area contributed by atoms with Gasteiger partial charge in [0.15, 0.2) is 0 Å². The maximum absolute atomic E-state index is 12.3. The van der Waals surface area contributed by atoms with Gasteiger partial charge in [0, 0.05) is 9.75 Å². The van der Waals surface area contributed by atoms with Gasteiger partial charge in [-0.1, -0.05) is 13.8 Å². The Bertz CT molecular complexity index is 413. The minimum absolute atomic E-state index is 0. The molecule has 1 amide bonds. The molecule has 2 heterocycles. The van der Waals surface area contributed by atoms with E-state index in [1.54, 1.807) is 11.3 Å². The average molecular weight is 303 g/mol. The summed E-state index contributed by atoms with van der Waals surface area (Å²) in [5.74, 6) is 0.161. The Kier molecular flexibility index (Phi) is 6.30. The van der Waals surface area contributed by atoms with Gasteiger partial charge in [0.1, 0.15) is 0 Å². The van der Waals surface area contributed by atoms with Crippen molar-refractivity contribution >= 4 is 29.7 Å². The number of thiophene rings is 1. The molecule has 1 aromatic rings. The van der Waals surface area contributed by atoms with Gasteiger partial charge in [-0.2, -0.15) is 0 Å². The summed E-state index contributed by atoms with van der Waals surface area (Å²) in [4.78, 5) is 14.9. The summed E-state index contributed by atoms with van der Waals surface area (Å²) >= 11 is 1.79. The molecule has 2 rings (SSSR count). The zero-order valence-corrected chi connectivity index (χ0v) is 13.3. The number of nitrogens with one attached hydrogen (secondary N) is 2. The Morgan fingerprint density at radius 1 is 1.42 bits per heavy atom. The summed E-state index contributed by atoms with van der Waals surface area (Å²) in [5.41, 5.74) is -0.315. The summed E-state index contributed by atoms with van der Waals surface area (Å²) in [6.45, 7) is 5.86. The van der Waals surface area contributed by atoms with E-state index in [1.165, 1.54) is 9.75 Å². The second-order valence-electron chi connectivity index (χ2n) is 4.87. The zero-order valence-electron chi connectivity index (χ0n) is 11.6. The standard InChI is InChI=1S/C14H22N2OS.ClH/c1-3-11-6-7-12(18-11)10-15-13(17)14(4-2)8-5-9-16-14;/h6-7,16H,3-5,8-10H2,1-2H3,(H,15,17);1H. The number of hydrogen-bond acceptors (Lipinski definition) is 3. The lowest BCUT2D eigenvalue weighted by Gasteiger charge is -2.26. The first-order valence-corrected chi connectivity index (χ1v) is 7.63. The van der Waals surface area contributed by atoms with Crippen molar-refractivity contribution in [2.45, 2.75) is 51.6 Å². The third-order valence-electron chi connectivity index (χ3n) is 3.77. The fourth-order valence-corrected chi connectivity index (χ4v) is 3.40. The molecule has 0 saturated carbocycles. The fraction of sp³-hybridized carbons (Fsp3) is 0.643. The predicted octanol–water partition coefficient (Wildman–Crippen LogP) is 2.88. The van der Waals surface area contributed by atoms with E-state index < -0.39 is 0 Å². The van der Waals surface area contributed by atoms with Gasteiger partial charge < -0.3 is 10.6 Å². The minimum Gasteiger partial charge on any atom is -0.350 e. The van der Waals surface area contributed by atoms with Crippen LogP contribution < -0.4 is 10.6 Å². The first kappa shape index (κ1) is 16.5. The fourth-order valence-electron chi connectivity index (χ4n) is 2.51. The summed E-state index contributed by atoms with van der Waals surface area (Å²) in [5, 5.41) is 6.44. The quantitative estimate of drug-likeness (QED) is 0.878. The highest BCUT2D eigenvalue weighted by atomic mass is 35.5. The number of aryl methyl sites for hydroxylation is 1. The zero-order chi connectivity index (χ0) is 13.0. The van der Waals surface area contributed by atoms with Crippen molar-refractivity contribution < 1.29 is 4.79 Å². The van der Waals surface area contributed by atoms with Gasteiger partial charge >= 0.3 is 0 Å². The molecular formula is C14H23ClN2OS. The van der Waals surface area contributed by atoms with Crippen LogP contribution in [0.3, 0.4) is 0 Å². The van der Waals surface area contributed by atoms with Crippen molar-refractivity contribution in [3.63, 3.8) is 0 Å². The van der Waals surface area contributed by atoms with E-state index >= 15 is 0 Å². The number of carbonyl (C=O) groups excluding carboxylic acids is 1. The number of halogens is 1. The predicted molar refractivity (Wildman–Crippen MR) is 83.1 cm³/mol. The van der Waals surface area contributed by atoms with Gasteiger partial charge in [-0.3, -0.25) is 4.79 Å². The Labute approximate surface area is 125 Å². The molecule has 0 aromatic carbocycles. The van der Waals surface area contributed by atoms with E-state index in [1.807, 2.05) is 0 Å². The lowest BCUT2D eigenvalue weighted by atomic mass is 9.93. The molecule has 2 N–H and O–H groups in total. The van der Waals surface area contributed by atoms with E-state index in [0.717, 1.165) is 32.2 Å². The number of amides is 1. The van der Waals surface area contributed by atoms with Gasteiger partial charge in [0.25, 0.3) is 0 Å². The monoisotopic (exact) mass is 302 g/mol. The second kappa shape index (κ2) is 7.27. The van der Waals surface area contributed by atoms with Crippen molar-refractivity contribution in [3.05, 3.63) is 21.9 Å². The average Bonchev–Trinajstić information content (AvgIpc) is 3.05. The molecule has 0 spiro atoms. The van der Waals surface area contributed by atoms with E-state index in [-0.39, 0.29) is 23.9 Å². The van der Waals surface area contributed by atoms with Crippen LogP contribution >= 0.6 is 23.7 Å². The van der Waals surface area contributed by atoms with Gasteiger partial charge in [0.05, 0.1) is 12.1 Å². The second-order valence-corrected chi connectivity index (χ2v) is 6.12. The molecule has 1 aliphatic heterocycles. The molecule has 0 aliphatic carbocycles. The van der Waals surface area contributed by atoms with Crippen LogP contribution in [0.25, 0.3) is 0 Å². The maximum Gasteiger partial charge on any atom is 0.240 e. The molecule has 1 atom stereocenters. The Balaban J connectivity index is 0.00000180. The minimum atomic E-state index is -0.315. The Hall–Kier alpha value is -0.580. The van der Waals surface area contributed by atoms with E-state index in [0.29, 0.717) is 6.54 Å². The molecule has 19 heavy (non-hydrogen) atoms. The maximum atomic E-state index is 12.3. The molecular weight excluding hydrogens is 280 g/mol. The topological polar surface area (TPSA) is 41.1 Å². The first-order chi connectivity index (χ1) is 8.70. The van der Waals surface area contributed by atoms with Crippen molar-refractivity contribution in [3.8, 4) is 0 Å². The third-order valence-corrected chi connectivity index (χ3v) is 5.00. The number of carbonyl (C=O) groups is 1. The van der Waals surface area contributed by atoms with E-state index in [4.69, 9.17) is 0 Å². The van der Waals surface area contributed by atoms with Gasteiger partial charge in [-0.25, -0.2) is 0 Å². The highest BCUT2D eigenvalue weighted by Crippen LogP contribution is 2.23. The summed E-state index contributed by atoms with van der Waals surface area (Å²) in [7, 11) is 0. The summed E-state index contributed by atoms with van der Waals surface area (Å²) in [6.07, 6.45) is 3.99.